The number of hydrogen-bond acceptors (Lipinski definition) is 3. The molecule has 1 saturated heterocycles. The van der Waals surface area contributed by atoms with Crippen LogP contribution in [0.1, 0.15) is 16.7 Å². The average molecular weight is 488 g/mol. The molecular weight excluding hydrogens is 471 g/mol. The van der Waals surface area contributed by atoms with E-state index in [9.17, 15) is 9.59 Å². The molecule has 32 heavy (non-hydrogen) atoms. The fraction of sp³-hybridized carbons (Fsp3) is 0.0833. The van der Waals surface area contributed by atoms with Crippen molar-refractivity contribution in [1.29, 1.82) is 0 Å². The standard InChI is InChI=1S/C24H17Cl3N2O3/c25-18-8-6-16(7-9-18)14-32-22-19(26)10-17(11-20(22)27)12-21-23(30)29(24(31)28-21)13-15-4-2-1-3-5-15/h1-12H,13-14H2,(H,28,31)/b21-12+. The monoisotopic (exact) mass is 486 g/mol. The Hall–Kier alpha value is -2.99. The van der Waals surface area contributed by atoms with Crippen molar-refractivity contribution in [3.05, 3.63) is 104 Å². The Kier molecular flexibility index (Phi) is 6.70. The molecule has 1 aliphatic rings. The smallest absolute Gasteiger partial charge is 0.329 e. The van der Waals surface area contributed by atoms with Gasteiger partial charge in [-0.2, -0.15) is 0 Å². The van der Waals surface area contributed by atoms with Gasteiger partial charge in [-0.15, -0.1) is 0 Å². The third-order valence-electron chi connectivity index (χ3n) is 4.77. The fourth-order valence-corrected chi connectivity index (χ4v) is 3.92. The number of carbonyl (C=O) groups excluding carboxylic acids is 2. The summed E-state index contributed by atoms with van der Waals surface area (Å²) in [5.41, 5.74) is 2.47. The van der Waals surface area contributed by atoms with E-state index in [-0.39, 0.29) is 28.9 Å². The van der Waals surface area contributed by atoms with Gasteiger partial charge in [0.25, 0.3) is 5.91 Å². The first-order chi connectivity index (χ1) is 15.4. The maximum absolute atomic E-state index is 12.7. The fourth-order valence-electron chi connectivity index (χ4n) is 3.18. The molecule has 5 nitrogen and oxygen atoms in total. The molecule has 1 aliphatic heterocycles. The quantitative estimate of drug-likeness (QED) is 0.327. The molecule has 0 saturated carbocycles. The summed E-state index contributed by atoms with van der Waals surface area (Å²) in [7, 11) is 0. The third-order valence-corrected chi connectivity index (χ3v) is 5.59. The molecule has 4 rings (SSSR count). The Morgan fingerprint density at radius 1 is 0.875 bits per heavy atom. The normalized spacial score (nSPS) is 14.7. The van der Waals surface area contributed by atoms with Crippen molar-refractivity contribution in [3.63, 3.8) is 0 Å². The molecule has 0 aromatic heterocycles. The maximum atomic E-state index is 12.7. The van der Waals surface area contributed by atoms with Crippen LogP contribution in [0.3, 0.4) is 0 Å². The Labute approximate surface area is 200 Å². The molecule has 3 aromatic rings. The van der Waals surface area contributed by atoms with Crippen molar-refractivity contribution < 1.29 is 14.3 Å². The molecule has 0 spiro atoms. The summed E-state index contributed by atoms with van der Waals surface area (Å²) < 4.78 is 5.77. The lowest BCUT2D eigenvalue weighted by Gasteiger charge is -2.12. The first-order valence-corrected chi connectivity index (χ1v) is 10.8. The number of amides is 3. The van der Waals surface area contributed by atoms with Crippen LogP contribution in [-0.4, -0.2) is 16.8 Å². The second-order valence-electron chi connectivity index (χ2n) is 7.09. The summed E-state index contributed by atoms with van der Waals surface area (Å²) in [6, 6.07) is 19.3. The predicted octanol–water partition coefficient (Wildman–Crippen LogP) is 6.32. The number of urea groups is 1. The van der Waals surface area contributed by atoms with Crippen LogP contribution in [0, 0.1) is 0 Å². The highest BCUT2D eigenvalue weighted by atomic mass is 35.5. The van der Waals surface area contributed by atoms with Crippen molar-refractivity contribution in [2.75, 3.05) is 0 Å². The number of hydrogen-bond donors (Lipinski definition) is 1. The zero-order valence-corrected chi connectivity index (χ0v) is 18.9. The molecule has 0 atom stereocenters. The van der Waals surface area contributed by atoms with Gasteiger partial charge in [0.05, 0.1) is 16.6 Å². The van der Waals surface area contributed by atoms with Crippen molar-refractivity contribution in [2.24, 2.45) is 0 Å². The SMILES string of the molecule is O=C1N/C(=C/c2cc(Cl)c(OCc3ccc(Cl)cc3)c(Cl)c2)C(=O)N1Cc1ccccc1. The number of nitrogens with zero attached hydrogens (tertiary/aromatic N) is 1. The Morgan fingerprint density at radius 3 is 2.19 bits per heavy atom. The van der Waals surface area contributed by atoms with Crippen LogP contribution in [0.5, 0.6) is 5.75 Å². The Bertz CT molecular complexity index is 1170. The molecule has 8 heteroatoms. The van der Waals surface area contributed by atoms with Gasteiger partial charge in [-0.1, -0.05) is 77.3 Å². The second-order valence-corrected chi connectivity index (χ2v) is 8.34. The van der Waals surface area contributed by atoms with Crippen LogP contribution < -0.4 is 10.1 Å². The van der Waals surface area contributed by atoms with Gasteiger partial charge in [-0.25, -0.2) is 4.79 Å². The maximum Gasteiger partial charge on any atom is 0.329 e. The van der Waals surface area contributed by atoms with E-state index in [1.54, 1.807) is 24.3 Å². The van der Waals surface area contributed by atoms with Crippen LogP contribution in [-0.2, 0) is 17.9 Å². The number of benzene rings is 3. The van der Waals surface area contributed by atoms with Crippen molar-refractivity contribution in [1.82, 2.24) is 10.2 Å². The molecule has 162 valence electrons. The largest absolute Gasteiger partial charge is 0.486 e. The van der Waals surface area contributed by atoms with Gasteiger partial charge in [-0.05, 0) is 47.0 Å². The highest BCUT2D eigenvalue weighted by Gasteiger charge is 2.33. The van der Waals surface area contributed by atoms with Crippen LogP contribution in [0.4, 0.5) is 4.79 Å². The summed E-state index contributed by atoms with van der Waals surface area (Å²) in [5.74, 6) is -0.0907. The first-order valence-electron chi connectivity index (χ1n) is 9.65. The molecular formula is C24H17Cl3N2O3. The van der Waals surface area contributed by atoms with Crippen LogP contribution in [0.2, 0.25) is 15.1 Å². The third kappa shape index (κ3) is 5.07. The van der Waals surface area contributed by atoms with Crippen LogP contribution in [0.15, 0.2) is 72.4 Å². The number of rotatable bonds is 6. The summed E-state index contributed by atoms with van der Waals surface area (Å²) in [5, 5.41) is 3.81. The predicted molar refractivity (Wildman–Crippen MR) is 126 cm³/mol. The summed E-state index contributed by atoms with van der Waals surface area (Å²) in [6.07, 6.45) is 1.53. The highest BCUT2D eigenvalue weighted by molar-refractivity contribution is 6.37. The minimum absolute atomic E-state index is 0.146. The van der Waals surface area contributed by atoms with Crippen LogP contribution >= 0.6 is 34.8 Å². The van der Waals surface area contributed by atoms with Crippen molar-refractivity contribution >= 4 is 52.8 Å². The number of halogens is 3. The highest BCUT2D eigenvalue weighted by Crippen LogP contribution is 2.35. The second kappa shape index (κ2) is 9.65. The number of nitrogens with one attached hydrogen (secondary N) is 1. The average Bonchev–Trinajstić information content (AvgIpc) is 3.02. The van der Waals surface area contributed by atoms with E-state index < -0.39 is 11.9 Å². The lowest BCUT2D eigenvalue weighted by Crippen LogP contribution is -2.30. The Balaban J connectivity index is 1.49. The minimum Gasteiger partial charge on any atom is -0.486 e. The van der Waals surface area contributed by atoms with Gasteiger partial charge >= 0.3 is 6.03 Å². The number of ether oxygens (including phenoxy) is 1. The van der Waals surface area contributed by atoms with E-state index in [1.807, 2.05) is 42.5 Å². The first kappa shape index (κ1) is 22.2. The molecule has 0 aliphatic carbocycles. The summed E-state index contributed by atoms with van der Waals surface area (Å²) in [4.78, 5) is 26.2. The van der Waals surface area contributed by atoms with Gasteiger partial charge in [0.15, 0.2) is 5.75 Å². The number of imide groups is 1. The van der Waals surface area contributed by atoms with E-state index in [2.05, 4.69) is 5.32 Å². The summed E-state index contributed by atoms with van der Waals surface area (Å²) >= 11 is 18.6. The lowest BCUT2D eigenvalue weighted by molar-refractivity contribution is -0.123. The molecule has 0 radical (unpaired) electrons. The van der Waals surface area contributed by atoms with Gasteiger partial charge in [0.1, 0.15) is 12.3 Å². The van der Waals surface area contributed by atoms with Gasteiger partial charge in [-0.3, -0.25) is 9.69 Å². The van der Waals surface area contributed by atoms with E-state index in [1.165, 1.54) is 6.08 Å². The summed E-state index contributed by atoms with van der Waals surface area (Å²) in [6.45, 7) is 0.446. The molecule has 1 fully saturated rings. The molecule has 1 N–H and O–H groups in total. The van der Waals surface area contributed by atoms with E-state index in [4.69, 9.17) is 39.5 Å². The zero-order valence-electron chi connectivity index (χ0n) is 16.6. The molecule has 3 aromatic carbocycles. The van der Waals surface area contributed by atoms with Gasteiger partial charge < -0.3 is 10.1 Å². The molecule has 1 heterocycles. The van der Waals surface area contributed by atoms with E-state index in [0.29, 0.717) is 16.3 Å². The Morgan fingerprint density at radius 2 is 1.53 bits per heavy atom. The van der Waals surface area contributed by atoms with E-state index >= 15 is 0 Å². The topological polar surface area (TPSA) is 58.6 Å². The minimum atomic E-state index is -0.481. The molecule has 0 unspecified atom stereocenters. The van der Waals surface area contributed by atoms with Crippen molar-refractivity contribution in [2.45, 2.75) is 13.2 Å². The van der Waals surface area contributed by atoms with Crippen molar-refractivity contribution in [3.8, 4) is 5.75 Å². The number of carbonyl (C=O) groups is 2. The van der Waals surface area contributed by atoms with Crippen LogP contribution in [0.25, 0.3) is 6.08 Å². The molecule has 0 bridgehead atoms. The lowest BCUT2D eigenvalue weighted by atomic mass is 10.1. The van der Waals surface area contributed by atoms with E-state index in [0.717, 1.165) is 16.0 Å². The van der Waals surface area contributed by atoms with Gasteiger partial charge in [0, 0.05) is 5.02 Å². The van der Waals surface area contributed by atoms with Gasteiger partial charge in [0.2, 0.25) is 0 Å². The molecule has 3 amide bonds. The zero-order chi connectivity index (χ0) is 22.7.